The fourth-order valence-electron chi connectivity index (χ4n) is 2.05. The van der Waals surface area contributed by atoms with Crippen LogP contribution in [0.15, 0.2) is 9.64 Å². The highest BCUT2D eigenvalue weighted by Crippen LogP contribution is 2.32. The number of likely N-dealkylation sites (tertiary alicyclic amines) is 1. The van der Waals surface area contributed by atoms with Gasteiger partial charge in [0.05, 0.1) is 0 Å². The second-order valence-corrected chi connectivity index (χ2v) is 6.63. The van der Waals surface area contributed by atoms with Crippen molar-refractivity contribution in [2.24, 2.45) is 0 Å². The number of rotatable bonds is 4. The molecule has 9 heteroatoms. The predicted molar refractivity (Wildman–Crippen MR) is 66.4 cm³/mol. The van der Waals surface area contributed by atoms with E-state index in [0.717, 1.165) is 12.7 Å². The van der Waals surface area contributed by atoms with Gasteiger partial charge < -0.3 is 9.32 Å². The summed E-state index contributed by atoms with van der Waals surface area (Å²) >= 11 is 5.55. The molecule has 0 N–H and O–H groups in total. The molecule has 1 atom stereocenters. The summed E-state index contributed by atoms with van der Waals surface area (Å²) in [5, 5.41) is 6.82. The minimum atomic E-state index is -3.52. The molecule has 1 saturated heterocycles. The van der Waals surface area contributed by atoms with E-state index in [4.69, 9.17) is 16.0 Å². The van der Waals surface area contributed by atoms with Crippen LogP contribution >= 0.6 is 11.6 Å². The minimum Gasteiger partial charge on any atom is -0.410 e. The fraction of sp³-hybridized carbons (Fsp3) is 0.700. The Kier molecular flexibility index (Phi) is 4.10. The summed E-state index contributed by atoms with van der Waals surface area (Å²) in [5.74, 6) is 0.331. The maximum absolute atomic E-state index is 11.9. The van der Waals surface area contributed by atoms with Gasteiger partial charge >= 0.3 is 5.22 Å². The van der Waals surface area contributed by atoms with Crippen LogP contribution in [0.1, 0.15) is 31.2 Å². The molecular weight excluding hydrogens is 294 g/mol. The summed E-state index contributed by atoms with van der Waals surface area (Å²) in [6.07, 6.45) is 2.73. The molecule has 7 nitrogen and oxygen atoms in total. The van der Waals surface area contributed by atoms with Crippen molar-refractivity contribution in [2.75, 3.05) is 18.7 Å². The van der Waals surface area contributed by atoms with Gasteiger partial charge in [-0.1, -0.05) is 5.10 Å². The van der Waals surface area contributed by atoms with Crippen molar-refractivity contribution < 1.29 is 17.6 Å². The first-order valence-electron chi connectivity index (χ1n) is 5.82. The molecule has 1 amide bonds. The summed E-state index contributed by atoms with van der Waals surface area (Å²) in [5.41, 5.74) is 0. The van der Waals surface area contributed by atoms with Crippen LogP contribution in [-0.2, 0) is 14.6 Å². The van der Waals surface area contributed by atoms with E-state index in [1.807, 2.05) is 0 Å². The first kappa shape index (κ1) is 14.3. The summed E-state index contributed by atoms with van der Waals surface area (Å²) in [4.78, 5) is 13.5. The van der Waals surface area contributed by atoms with E-state index in [-0.39, 0.29) is 30.1 Å². The molecule has 1 aliphatic rings. The molecule has 2 heterocycles. The summed E-state index contributed by atoms with van der Waals surface area (Å²) < 4.78 is 27.7. The van der Waals surface area contributed by atoms with E-state index in [0.29, 0.717) is 13.0 Å². The number of amides is 1. The molecule has 1 aromatic rings. The second kappa shape index (κ2) is 5.46. The molecular formula is C10H14ClN3O4S. The molecule has 0 spiro atoms. The first-order chi connectivity index (χ1) is 8.93. The summed E-state index contributed by atoms with van der Waals surface area (Å²) in [6.45, 7) is 0.594. The Hall–Kier alpha value is -1.15. The van der Waals surface area contributed by atoms with Crippen molar-refractivity contribution in [1.82, 2.24) is 15.1 Å². The Morgan fingerprint density at radius 2 is 2.26 bits per heavy atom. The largest absolute Gasteiger partial charge is 0.410 e. The molecule has 106 valence electrons. The van der Waals surface area contributed by atoms with E-state index in [9.17, 15) is 13.2 Å². The topological polar surface area (TPSA) is 93.4 Å². The normalized spacial score (nSPS) is 19.9. The molecule has 1 aromatic heterocycles. The number of carbonyl (C=O) groups excluding carboxylic acids is 1. The smallest absolute Gasteiger partial charge is 0.335 e. The molecule has 0 saturated carbocycles. The zero-order valence-corrected chi connectivity index (χ0v) is 11.9. The molecule has 0 unspecified atom stereocenters. The van der Waals surface area contributed by atoms with Gasteiger partial charge in [-0.05, 0) is 12.8 Å². The monoisotopic (exact) mass is 307 g/mol. The molecule has 1 aliphatic heterocycles. The SMILES string of the molecule is CS(=O)(=O)c1nnc([C@@H]2CCCN2C(=O)CCCl)o1. The highest BCUT2D eigenvalue weighted by Gasteiger charge is 2.34. The average Bonchev–Trinajstić information content (AvgIpc) is 2.97. The Balaban J connectivity index is 2.21. The van der Waals surface area contributed by atoms with Gasteiger partial charge in [0.2, 0.25) is 21.6 Å². The van der Waals surface area contributed by atoms with Gasteiger partial charge in [0, 0.05) is 25.1 Å². The van der Waals surface area contributed by atoms with E-state index < -0.39 is 15.1 Å². The highest BCUT2D eigenvalue weighted by atomic mass is 35.5. The Labute approximate surface area is 115 Å². The van der Waals surface area contributed by atoms with Crippen LogP contribution in [0.2, 0.25) is 0 Å². The van der Waals surface area contributed by atoms with Gasteiger partial charge in [-0.3, -0.25) is 4.79 Å². The third kappa shape index (κ3) is 3.06. The summed E-state index contributed by atoms with van der Waals surface area (Å²) in [6, 6.07) is -0.348. The number of alkyl halides is 1. The molecule has 19 heavy (non-hydrogen) atoms. The zero-order valence-electron chi connectivity index (χ0n) is 10.4. The van der Waals surface area contributed by atoms with Crippen molar-refractivity contribution in [3.8, 4) is 0 Å². The van der Waals surface area contributed by atoms with Gasteiger partial charge in [-0.2, -0.15) is 0 Å². The number of halogens is 1. The van der Waals surface area contributed by atoms with Crippen LogP contribution in [0.4, 0.5) is 0 Å². The predicted octanol–water partition coefficient (Wildman–Crippen LogP) is 0.765. The van der Waals surface area contributed by atoms with E-state index in [1.165, 1.54) is 0 Å². The lowest BCUT2D eigenvalue weighted by Gasteiger charge is -2.21. The van der Waals surface area contributed by atoms with Gasteiger partial charge in [-0.25, -0.2) is 8.42 Å². The Bertz CT molecular complexity index is 571. The fourth-order valence-corrected chi connectivity index (χ4v) is 2.64. The summed E-state index contributed by atoms with van der Waals surface area (Å²) in [7, 11) is -3.52. The molecule has 2 rings (SSSR count). The number of aromatic nitrogens is 2. The van der Waals surface area contributed by atoms with E-state index in [2.05, 4.69) is 10.2 Å². The molecule has 0 aliphatic carbocycles. The molecule has 1 fully saturated rings. The first-order valence-corrected chi connectivity index (χ1v) is 8.25. The lowest BCUT2D eigenvalue weighted by atomic mass is 10.2. The quantitative estimate of drug-likeness (QED) is 0.763. The lowest BCUT2D eigenvalue weighted by Crippen LogP contribution is -2.30. The number of hydrogen-bond donors (Lipinski definition) is 0. The van der Waals surface area contributed by atoms with Crippen molar-refractivity contribution in [1.29, 1.82) is 0 Å². The van der Waals surface area contributed by atoms with Gasteiger partial charge in [0.25, 0.3) is 0 Å². The van der Waals surface area contributed by atoms with Crippen LogP contribution in [0.3, 0.4) is 0 Å². The van der Waals surface area contributed by atoms with Crippen molar-refractivity contribution in [2.45, 2.75) is 30.5 Å². The number of sulfone groups is 1. The van der Waals surface area contributed by atoms with Crippen molar-refractivity contribution in [3.05, 3.63) is 5.89 Å². The number of carbonyl (C=O) groups is 1. The van der Waals surface area contributed by atoms with Gasteiger partial charge in [0.15, 0.2) is 0 Å². The minimum absolute atomic E-state index is 0.0865. The maximum Gasteiger partial charge on any atom is 0.335 e. The van der Waals surface area contributed by atoms with Crippen LogP contribution in [-0.4, -0.2) is 48.1 Å². The van der Waals surface area contributed by atoms with Crippen LogP contribution in [0, 0.1) is 0 Å². The lowest BCUT2D eigenvalue weighted by molar-refractivity contribution is -0.132. The highest BCUT2D eigenvalue weighted by molar-refractivity contribution is 7.90. The van der Waals surface area contributed by atoms with E-state index >= 15 is 0 Å². The van der Waals surface area contributed by atoms with Crippen molar-refractivity contribution in [3.63, 3.8) is 0 Å². The van der Waals surface area contributed by atoms with Crippen LogP contribution < -0.4 is 0 Å². The van der Waals surface area contributed by atoms with Crippen molar-refractivity contribution >= 4 is 27.3 Å². The number of nitrogens with zero attached hydrogens (tertiary/aromatic N) is 3. The number of hydrogen-bond acceptors (Lipinski definition) is 6. The Morgan fingerprint density at radius 3 is 2.84 bits per heavy atom. The third-order valence-corrected chi connectivity index (χ3v) is 3.89. The maximum atomic E-state index is 11.9. The van der Waals surface area contributed by atoms with Crippen LogP contribution in [0.5, 0.6) is 0 Å². The molecule has 0 bridgehead atoms. The zero-order chi connectivity index (χ0) is 14.0. The average molecular weight is 308 g/mol. The van der Waals surface area contributed by atoms with E-state index in [1.54, 1.807) is 4.90 Å². The second-order valence-electron chi connectivity index (χ2n) is 4.36. The van der Waals surface area contributed by atoms with Gasteiger partial charge in [-0.15, -0.1) is 16.7 Å². The molecule has 0 aromatic carbocycles. The third-order valence-electron chi connectivity index (χ3n) is 2.91. The van der Waals surface area contributed by atoms with Gasteiger partial charge in [0.1, 0.15) is 6.04 Å². The Morgan fingerprint density at radius 1 is 1.53 bits per heavy atom. The molecule has 0 radical (unpaired) electrons. The van der Waals surface area contributed by atoms with Crippen LogP contribution in [0.25, 0.3) is 0 Å². The standard InChI is InChI=1S/C10H14ClN3O4S/c1-19(16,17)10-13-12-9(18-10)7-3-2-6-14(7)8(15)4-5-11/h7H,2-6H2,1H3/t7-/m0/s1.